The number of rotatable bonds is 12. The summed E-state index contributed by atoms with van der Waals surface area (Å²) in [5.41, 5.74) is -0.727. The number of hydrogen-bond acceptors (Lipinski definition) is 9. The molecule has 0 bridgehead atoms. The van der Waals surface area contributed by atoms with Gasteiger partial charge in [-0.1, -0.05) is 12.1 Å². The molecule has 0 saturated carbocycles. The van der Waals surface area contributed by atoms with Crippen molar-refractivity contribution in [1.82, 2.24) is 0 Å². The molecular weight excluding hydrogens is 530 g/mol. The molecule has 0 spiro atoms. The number of anilines is 2. The van der Waals surface area contributed by atoms with Crippen LogP contribution >= 0.6 is 0 Å². The molecule has 14 heteroatoms. The largest absolute Gasteiger partial charge is 0.495 e. The number of nitrogens with zero attached hydrogens (tertiary/aromatic N) is 1. The Hall–Kier alpha value is -5.66. The molecule has 3 aromatic carbocycles. The van der Waals surface area contributed by atoms with Crippen LogP contribution in [-0.2, 0) is 9.59 Å². The van der Waals surface area contributed by atoms with Gasteiger partial charge < -0.3 is 35.1 Å². The van der Waals surface area contributed by atoms with Crippen LogP contribution in [0.3, 0.4) is 0 Å². The predicted octanol–water partition coefficient (Wildman–Crippen LogP) is 3.42. The van der Waals surface area contributed by atoms with Crippen molar-refractivity contribution in [2.75, 3.05) is 24.4 Å². The summed E-state index contributed by atoms with van der Waals surface area (Å²) in [5, 5.41) is 34.7. The van der Waals surface area contributed by atoms with Gasteiger partial charge in [0, 0.05) is 6.07 Å². The van der Waals surface area contributed by atoms with Gasteiger partial charge in [-0.2, -0.15) is 0 Å². The molecule has 0 heterocycles. The van der Waals surface area contributed by atoms with Crippen molar-refractivity contribution < 1.29 is 48.5 Å². The van der Waals surface area contributed by atoms with Crippen LogP contribution in [0.1, 0.15) is 27.6 Å². The Kier molecular flexibility index (Phi) is 9.20. The lowest BCUT2D eigenvalue weighted by molar-refractivity contribution is -0.386. The third kappa shape index (κ3) is 7.22. The Labute approximate surface area is 226 Å². The molecule has 0 radical (unpaired) electrons. The standard InChI is InChI=1S/C26H23N3O11/c1-14(40-22-10-8-16(26(34)35)12-19(22)29(36)37)24(31)28-17-5-3-4-6-21(17)39-13-23(30)27-18-11-15(25(32)33)7-9-20(18)38-2/h3-12,14H,13H2,1-2H3,(H,27,30)(H,28,31)(H,32,33)(H,34,35)/t14-/m1/s1. The summed E-state index contributed by atoms with van der Waals surface area (Å²) in [6.45, 7) is 0.821. The molecule has 3 aromatic rings. The maximum atomic E-state index is 12.8. The van der Waals surface area contributed by atoms with Gasteiger partial charge >= 0.3 is 17.6 Å². The van der Waals surface area contributed by atoms with Crippen molar-refractivity contribution in [3.63, 3.8) is 0 Å². The fourth-order valence-electron chi connectivity index (χ4n) is 3.34. The van der Waals surface area contributed by atoms with Crippen molar-refractivity contribution >= 4 is 40.8 Å². The summed E-state index contributed by atoms with van der Waals surface area (Å²) < 4.78 is 16.1. The van der Waals surface area contributed by atoms with Crippen LogP contribution in [0.25, 0.3) is 0 Å². The van der Waals surface area contributed by atoms with Gasteiger partial charge in [0.05, 0.1) is 34.5 Å². The van der Waals surface area contributed by atoms with Gasteiger partial charge in [-0.25, -0.2) is 9.59 Å². The quantitative estimate of drug-likeness (QED) is 0.189. The zero-order chi connectivity index (χ0) is 29.4. The van der Waals surface area contributed by atoms with Gasteiger partial charge in [-0.05, 0) is 49.4 Å². The molecule has 0 aliphatic rings. The van der Waals surface area contributed by atoms with Crippen LogP contribution in [0, 0.1) is 10.1 Å². The van der Waals surface area contributed by atoms with E-state index in [1.807, 2.05) is 0 Å². The molecule has 0 fully saturated rings. The molecule has 0 aromatic heterocycles. The molecule has 208 valence electrons. The van der Waals surface area contributed by atoms with Gasteiger partial charge in [0.15, 0.2) is 18.5 Å². The Bertz CT molecular complexity index is 1470. The number of para-hydroxylation sites is 2. The average Bonchev–Trinajstić information content (AvgIpc) is 2.92. The SMILES string of the molecule is COc1ccc(C(=O)O)cc1NC(=O)COc1ccccc1NC(=O)[C@@H](C)Oc1ccc(C(=O)O)cc1[N+](=O)[O-]. The molecule has 0 unspecified atom stereocenters. The zero-order valence-electron chi connectivity index (χ0n) is 21.1. The van der Waals surface area contributed by atoms with Crippen molar-refractivity contribution in [2.45, 2.75) is 13.0 Å². The first-order valence-corrected chi connectivity index (χ1v) is 11.4. The highest BCUT2D eigenvalue weighted by Crippen LogP contribution is 2.30. The smallest absolute Gasteiger partial charge is 0.335 e. The summed E-state index contributed by atoms with van der Waals surface area (Å²) >= 11 is 0. The van der Waals surface area contributed by atoms with E-state index in [4.69, 9.17) is 19.3 Å². The average molecular weight is 553 g/mol. The molecule has 0 aliphatic carbocycles. The molecule has 3 rings (SSSR count). The lowest BCUT2D eigenvalue weighted by Gasteiger charge is -2.17. The second kappa shape index (κ2) is 12.7. The second-order valence-corrected chi connectivity index (χ2v) is 8.05. The van der Waals surface area contributed by atoms with Gasteiger partial charge in [-0.3, -0.25) is 19.7 Å². The monoisotopic (exact) mass is 553 g/mol. The number of carbonyl (C=O) groups excluding carboxylic acids is 2. The van der Waals surface area contributed by atoms with Crippen molar-refractivity contribution in [3.05, 3.63) is 81.9 Å². The van der Waals surface area contributed by atoms with E-state index >= 15 is 0 Å². The third-order valence-corrected chi connectivity index (χ3v) is 5.30. The topological polar surface area (TPSA) is 204 Å². The minimum Gasteiger partial charge on any atom is -0.495 e. The van der Waals surface area contributed by atoms with Crippen LogP contribution < -0.4 is 24.8 Å². The van der Waals surface area contributed by atoms with E-state index in [1.54, 1.807) is 12.1 Å². The first-order chi connectivity index (χ1) is 19.0. The number of nitro benzene ring substituents is 1. The van der Waals surface area contributed by atoms with Crippen molar-refractivity contribution in [2.24, 2.45) is 0 Å². The van der Waals surface area contributed by atoms with Crippen LogP contribution in [0.15, 0.2) is 60.7 Å². The van der Waals surface area contributed by atoms with Crippen LogP contribution in [0.5, 0.6) is 17.2 Å². The molecule has 2 amide bonds. The van der Waals surface area contributed by atoms with Crippen LogP contribution in [0.4, 0.5) is 17.1 Å². The Morgan fingerprint density at radius 1 is 0.875 bits per heavy atom. The lowest BCUT2D eigenvalue weighted by Crippen LogP contribution is -2.30. The fraction of sp³-hybridized carbons (Fsp3) is 0.154. The van der Waals surface area contributed by atoms with Crippen LogP contribution in [0.2, 0.25) is 0 Å². The number of nitro groups is 1. The molecule has 0 aliphatic heterocycles. The van der Waals surface area contributed by atoms with Gasteiger partial charge in [0.25, 0.3) is 11.8 Å². The minimum absolute atomic E-state index is 0.0652. The number of carbonyl (C=O) groups is 4. The summed E-state index contributed by atoms with van der Waals surface area (Å²) in [6.07, 6.45) is -1.25. The van der Waals surface area contributed by atoms with E-state index in [9.17, 15) is 34.4 Å². The maximum absolute atomic E-state index is 12.8. The first-order valence-electron chi connectivity index (χ1n) is 11.4. The number of carboxylic acids is 2. The maximum Gasteiger partial charge on any atom is 0.335 e. The van der Waals surface area contributed by atoms with Gasteiger partial charge in [-0.15, -0.1) is 0 Å². The summed E-state index contributed by atoms with van der Waals surface area (Å²) in [5.74, 6) is -3.87. The van der Waals surface area contributed by atoms with E-state index < -0.39 is 47.1 Å². The molecule has 0 saturated heterocycles. The fourth-order valence-corrected chi connectivity index (χ4v) is 3.34. The Morgan fingerprint density at radius 2 is 1.50 bits per heavy atom. The number of aromatic carboxylic acids is 2. The van der Waals surface area contributed by atoms with Gasteiger partial charge in [0.2, 0.25) is 0 Å². The predicted molar refractivity (Wildman–Crippen MR) is 139 cm³/mol. The number of carboxylic acid groups (broad SMARTS) is 2. The molecular formula is C26H23N3O11. The van der Waals surface area contributed by atoms with E-state index in [1.165, 1.54) is 44.4 Å². The number of amides is 2. The van der Waals surface area contributed by atoms with E-state index in [0.717, 1.165) is 18.2 Å². The summed E-state index contributed by atoms with van der Waals surface area (Å²) in [7, 11) is 1.36. The van der Waals surface area contributed by atoms with Crippen LogP contribution in [-0.4, -0.2) is 58.7 Å². The van der Waals surface area contributed by atoms with E-state index in [-0.39, 0.29) is 39.8 Å². The lowest BCUT2D eigenvalue weighted by atomic mass is 10.2. The summed E-state index contributed by atoms with van der Waals surface area (Å²) in [4.78, 5) is 58.1. The molecule has 14 nitrogen and oxygen atoms in total. The number of ether oxygens (including phenoxy) is 3. The molecule has 40 heavy (non-hydrogen) atoms. The number of methoxy groups -OCH3 is 1. The third-order valence-electron chi connectivity index (χ3n) is 5.30. The second-order valence-electron chi connectivity index (χ2n) is 8.05. The highest BCUT2D eigenvalue weighted by atomic mass is 16.6. The highest BCUT2D eigenvalue weighted by molar-refractivity contribution is 5.97. The molecule has 1 atom stereocenters. The van der Waals surface area contributed by atoms with E-state index in [0.29, 0.717) is 0 Å². The van der Waals surface area contributed by atoms with Gasteiger partial charge in [0.1, 0.15) is 11.5 Å². The highest BCUT2D eigenvalue weighted by Gasteiger charge is 2.24. The van der Waals surface area contributed by atoms with Crippen molar-refractivity contribution in [1.29, 1.82) is 0 Å². The number of hydrogen-bond donors (Lipinski definition) is 4. The first kappa shape index (κ1) is 28.9. The Balaban J connectivity index is 1.67. The molecule has 4 N–H and O–H groups in total. The zero-order valence-corrected chi connectivity index (χ0v) is 21.1. The minimum atomic E-state index is -1.36. The van der Waals surface area contributed by atoms with Crippen molar-refractivity contribution in [3.8, 4) is 17.2 Å². The summed E-state index contributed by atoms with van der Waals surface area (Å²) in [6, 6.07) is 13.1. The Morgan fingerprint density at radius 3 is 2.12 bits per heavy atom. The van der Waals surface area contributed by atoms with E-state index in [2.05, 4.69) is 10.6 Å². The number of nitrogens with one attached hydrogen (secondary N) is 2. The number of benzene rings is 3. The normalized spacial score (nSPS) is 11.1.